The summed E-state index contributed by atoms with van der Waals surface area (Å²) in [5, 5.41) is 3.04. The molecular weight excluding hydrogens is 262 g/mol. The summed E-state index contributed by atoms with van der Waals surface area (Å²) in [7, 11) is 1.64. The van der Waals surface area contributed by atoms with E-state index in [9.17, 15) is 4.79 Å². The Hall–Kier alpha value is -2.29. The number of hydrogen-bond donors (Lipinski definition) is 1. The van der Waals surface area contributed by atoms with Crippen LogP contribution in [-0.2, 0) is 0 Å². The predicted molar refractivity (Wildman–Crippen MR) is 84.8 cm³/mol. The molecule has 1 N–H and O–H groups in total. The molecule has 0 aliphatic heterocycles. The number of para-hydroxylation sites is 1. The second kappa shape index (κ2) is 6.44. The van der Waals surface area contributed by atoms with E-state index in [1.165, 1.54) is 0 Å². The summed E-state index contributed by atoms with van der Waals surface area (Å²) in [4.78, 5) is 12.4. The summed E-state index contributed by atoms with van der Waals surface area (Å²) in [5.41, 5.74) is 3.75. The maximum atomic E-state index is 12.4. The average Bonchev–Trinajstić information content (AvgIpc) is 2.49. The lowest BCUT2D eigenvalue weighted by Crippen LogP contribution is -2.27. The Morgan fingerprint density at radius 3 is 2.57 bits per heavy atom. The third kappa shape index (κ3) is 3.43. The number of amides is 1. The second-order valence-corrected chi connectivity index (χ2v) is 5.26. The Morgan fingerprint density at radius 1 is 1.14 bits per heavy atom. The molecule has 0 heterocycles. The fourth-order valence-corrected chi connectivity index (χ4v) is 2.36. The number of carbonyl (C=O) groups is 1. The summed E-state index contributed by atoms with van der Waals surface area (Å²) in [6.45, 7) is 5.89. The number of benzene rings is 2. The predicted octanol–water partition coefficient (Wildman–Crippen LogP) is 3.80. The van der Waals surface area contributed by atoms with Crippen molar-refractivity contribution in [3.05, 3.63) is 64.7 Å². The molecule has 0 fully saturated rings. The zero-order valence-electron chi connectivity index (χ0n) is 12.9. The maximum absolute atomic E-state index is 12.4. The summed E-state index contributed by atoms with van der Waals surface area (Å²) >= 11 is 0. The van der Waals surface area contributed by atoms with Gasteiger partial charge in [0.05, 0.1) is 13.2 Å². The highest BCUT2D eigenvalue weighted by Gasteiger charge is 2.16. The Balaban J connectivity index is 2.21. The first-order valence-corrected chi connectivity index (χ1v) is 7.04. The van der Waals surface area contributed by atoms with Crippen LogP contribution in [0, 0.1) is 13.8 Å². The highest BCUT2D eigenvalue weighted by Crippen LogP contribution is 2.24. The van der Waals surface area contributed by atoms with E-state index in [1.807, 2.05) is 63.2 Å². The van der Waals surface area contributed by atoms with Crippen molar-refractivity contribution in [3.8, 4) is 5.75 Å². The summed E-state index contributed by atoms with van der Waals surface area (Å²) in [6, 6.07) is 13.5. The van der Waals surface area contributed by atoms with Gasteiger partial charge in [-0.15, -0.1) is 0 Å². The monoisotopic (exact) mass is 283 g/mol. The van der Waals surface area contributed by atoms with E-state index in [0.717, 1.165) is 28.0 Å². The Labute approximate surface area is 126 Å². The molecule has 0 unspecified atom stereocenters. The van der Waals surface area contributed by atoms with E-state index >= 15 is 0 Å². The first kappa shape index (κ1) is 15.1. The first-order valence-electron chi connectivity index (χ1n) is 7.04. The van der Waals surface area contributed by atoms with Gasteiger partial charge in [-0.1, -0.05) is 35.9 Å². The third-order valence-electron chi connectivity index (χ3n) is 3.59. The molecule has 0 bridgehead atoms. The molecule has 2 aromatic carbocycles. The Morgan fingerprint density at radius 2 is 1.86 bits per heavy atom. The number of ether oxygens (including phenoxy) is 1. The van der Waals surface area contributed by atoms with Gasteiger partial charge in [0.2, 0.25) is 0 Å². The van der Waals surface area contributed by atoms with Crippen LogP contribution in [-0.4, -0.2) is 13.0 Å². The number of aryl methyl sites for hydroxylation is 2. The summed E-state index contributed by atoms with van der Waals surface area (Å²) in [6.07, 6.45) is 0. The molecule has 0 saturated heterocycles. The highest BCUT2D eigenvalue weighted by atomic mass is 16.5. The molecule has 0 aliphatic carbocycles. The minimum Gasteiger partial charge on any atom is -0.496 e. The fraction of sp³-hybridized carbons (Fsp3) is 0.278. The van der Waals surface area contributed by atoms with Crippen molar-refractivity contribution in [2.45, 2.75) is 26.8 Å². The van der Waals surface area contributed by atoms with Gasteiger partial charge in [0.25, 0.3) is 5.91 Å². The van der Waals surface area contributed by atoms with Crippen LogP contribution in [0.25, 0.3) is 0 Å². The van der Waals surface area contributed by atoms with Crippen molar-refractivity contribution in [2.24, 2.45) is 0 Å². The van der Waals surface area contributed by atoms with Crippen LogP contribution in [0.5, 0.6) is 5.75 Å². The summed E-state index contributed by atoms with van der Waals surface area (Å²) in [5.74, 6) is 0.723. The number of nitrogens with one attached hydrogen (secondary N) is 1. The van der Waals surface area contributed by atoms with Crippen molar-refractivity contribution < 1.29 is 9.53 Å². The number of hydrogen-bond acceptors (Lipinski definition) is 2. The molecule has 1 amide bonds. The molecule has 3 nitrogen and oxygen atoms in total. The van der Waals surface area contributed by atoms with Gasteiger partial charge in [0.1, 0.15) is 5.75 Å². The van der Waals surface area contributed by atoms with Gasteiger partial charge in [-0.05, 0) is 38.5 Å². The molecule has 0 radical (unpaired) electrons. The number of methoxy groups -OCH3 is 1. The van der Waals surface area contributed by atoms with Crippen LogP contribution >= 0.6 is 0 Å². The number of carbonyl (C=O) groups excluding carboxylic acids is 1. The fourth-order valence-electron chi connectivity index (χ4n) is 2.36. The van der Waals surface area contributed by atoms with Gasteiger partial charge < -0.3 is 10.1 Å². The van der Waals surface area contributed by atoms with E-state index in [1.54, 1.807) is 7.11 Å². The van der Waals surface area contributed by atoms with Gasteiger partial charge in [-0.3, -0.25) is 4.79 Å². The first-order chi connectivity index (χ1) is 10.0. The van der Waals surface area contributed by atoms with E-state index in [2.05, 4.69) is 5.32 Å². The van der Waals surface area contributed by atoms with Crippen LogP contribution in [0.3, 0.4) is 0 Å². The van der Waals surface area contributed by atoms with Crippen molar-refractivity contribution in [2.75, 3.05) is 7.11 Å². The quantitative estimate of drug-likeness (QED) is 0.926. The molecule has 0 saturated carbocycles. The zero-order chi connectivity index (χ0) is 15.4. The maximum Gasteiger partial charge on any atom is 0.252 e. The molecule has 3 heteroatoms. The molecule has 21 heavy (non-hydrogen) atoms. The van der Waals surface area contributed by atoms with Gasteiger partial charge in [-0.2, -0.15) is 0 Å². The SMILES string of the molecule is COc1ccccc1[C@H](C)NC(=O)c1cc(C)ccc1C. The van der Waals surface area contributed by atoms with Crippen molar-refractivity contribution in [1.29, 1.82) is 0 Å². The Kier molecular flexibility index (Phi) is 4.63. The standard InChI is InChI=1S/C18H21NO2/c1-12-9-10-13(2)16(11-12)18(20)19-14(3)15-7-5-6-8-17(15)21-4/h5-11,14H,1-4H3,(H,19,20)/t14-/m0/s1. The van der Waals surface area contributed by atoms with Gasteiger partial charge in [0, 0.05) is 11.1 Å². The minimum absolute atomic E-state index is 0.0605. The van der Waals surface area contributed by atoms with E-state index in [0.29, 0.717) is 0 Å². The van der Waals surface area contributed by atoms with Crippen LogP contribution < -0.4 is 10.1 Å². The largest absolute Gasteiger partial charge is 0.496 e. The van der Waals surface area contributed by atoms with Crippen LogP contribution in [0.15, 0.2) is 42.5 Å². The lowest BCUT2D eigenvalue weighted by molar-refractivity contribution is 0.0939. The van der Waals surface area contributed by atoms with Crippen LogP contribution in [0.2, 0.25) is 0 Å². The molecule has 2 rings (SSSR count). The molecule has 0 spiro atoms. The smallest absolute Gasteiger partial charge is 0.252 e. The molecule has 0 aliphatic rings. The summed E-state index contributed by atoms with van der Waals surface area (Å²) < 4.78 is 5.35. The topological polar surface area (TPSA) is 38.3 Å². The highest BCUT2D eigenvalue weighted by molar-refractivity contribution is 5.96. The molecular formula is C18H21NO2. The second-order valence-electron chi connectivity index (χ2n) is 5.26. The molecule has 1 atom stereocenters. The van der Waals surface area contributed by atoms with E-state index < -0.39 is 0 Å². The molecule has 0 aromatic heterocycles. The normalized spacial score (nSPS) is 11.8. The van der Waals surface area contributed by atoms with Crippen LogP contribution in [0.1, 0.15) is 40.0 Å². The van der Waals surface area contributed by atoms with E-state index in [-0.39, 0.29) is 11.9 Å². The van der Waals surface area contributed by atoms with Crippen molar-refractivity contribution in [1.82, 2.24) is 5.32 Å². The zero-order valence-corrected chi connectivity index (χ0v) is 12.9. The lowest BCUT2D eigenvalue weighted by Gasteiger charge is -2.18. The number of rotatable bonds is 4. The van der Waals surface area contributed by atoms with E-state index in [4.69, 9.17) is 4.74 Å². The average molecular weight is 283 g/mol. The minimum atomic E-state index is -0.117. The van der Waals surface area contributed by atoms with Gasteiger partial charge >= 0.3 is 0 Å². The molecule has 2 aromatic rings. The molecule has 110 valence electrons. The van der Waals surface area contributed by atoms with Crippen LogP contribution in [0.4, 0.5) is 0 Å². The van der Waals surface area contributed by atoms with Gasteiger partial charge in [-0.25, -0.2) is 0 Å². The third-order valence-corrected chi connectivity index (χ3v) is 3.59. The Bertz CT molecular complexity index is 649. The van der Waals surface area contributed by atoms with Gasteiger partial charge in [0.15, 0.2) is 0 Å². The van der Waals surface area contributed by atoms with Crippen molar-refractivity contribution in [3.63, 3.8) is 0 Å². The van der Waals surface area contributed by atoms with Crippen molar-refractivity contribution >= 4 is 5.91 Å². The lowest BCUT2D eigenvalue weighted by atomic mass is 10.0.